The molecule has 0 saturated carbocycles. The van der Waals surface area contributed by atoms with E-state index in [4.69, 9.17) is 5.11 Å². The zero-order valence-corrected chi connectivity index (χ0v) is 6.15. The van der Waals surface area contributed by atoms with E-state index in [9.17, 15) is 4.39 Å². The number of hydrogen-bond acceptors (Lipinski definition) is 2. The molecule has 1 N–H and O–H groups in total. The molecule has 3 nitrogen and oxygen atoms in total. The second-order valence-corrected chi connectivity index (χ2v) is 2.37. The van der Waals surface area contributed by atoms with Crippen LogP contribution >= 0.6 is 0 Å². The van der Waals surface area contributed by atoms with Gasteiger partial charge in [-0.05, 0) is 12.5 Å². The predicted octanol–water partition coefficient (Wildman–Crippen LogP) is 0.604. The minimum absolute atomic E-state index is 0.415. The highest BCUT2D eigenvalue weighted by Crippen LogP contribution is 1.95. The summed E-state index contributed by atoms with van der Waals surface area (Å²) in [6, 6.07) is 1.79. The van der Waals surface area contributed by atoms with Crippen molar-refractivity contribution in [1.82, 2.24) is 9.78 Å². The Morgan fingerprint density at radius 3 is 3.00 bits per heavy atom. The van der Waals surface area contributed by atoms with Gasteiger partial charge in [0, 0.05) is 18.9 Å². The fourth-order valence-corrected chi connectivity index (χ4v) is 0.791. The smallest absolute Gasteiger partial charge is 0.115 e. The van der Waals surface area contributed by atoms with Gasteiger partial charge in [0.05, 0.1) is 6.10 Å². The molecule has 0 fully saturated rings. The molecule has 0 aliphatic heterocycles. The van der Waals surface area contributed by atoms with E-state index in [1.807, 2.05) is 0 Å². The number of aryl methyl sites for hydroxylation is 1. The first-order valence-electron chi connectivity index (χ1n) is 3.54. The number of aliphatic hydroxyl groups excluding tert-OH is 1. The van der Waals surface area contributed by atoms with Crippen molar-refractivity contribution in [3.63, 3.8) is 0 Å². The van der Waals surface area contributed by atoms with E-state index in [1.54, 1.807) is 23.1 Å². The Bertz CT molecular complexity index is 188. The third-order valence-corrected chi connectivity index (χ3v) is 1.43. The molecule has 4 heteroatoms. The highest BCUT2D eigenvalue weighted by Gasteiger charge is 2.02. The average Bonchev–Trinajstić information content (AvgIpc) is 2.52. The Morgan fingerprint density at radius 1 is 1.64 bits per heavy atom. The fraction of sp³-hybridized carbons (Fsp3) is 0.571. The molecule has 62 valence electrons. The number of nitrogens with zero attached hydrogens (tertiary/aromatic N) is 2. The van der Waals surface area contributed by atoms with Crippen LogP contribution in [0.5, 0.6) is 0 Å². The highest BCUT2D eigenvalue weighted by atomic mass is 19.1. The van der Waals surface area contributed by atoms with Gasteiger partial charge in [0.15, 0.2) is 0 Å². The lowest BCUT2D eigenvalue weighted by Crippen LogP contribution is -2.12. The van der Waals surface area contributed by atoms with Gasteiger partial charge in [0.2, 0.25) is 0 Å². The van der Waals surface area contributed by atoms with Crippen LogP contribution < -0.4 is 0 Å². The van der Waals surface area contributed by atoms with Crippen molar-refractivity contribution in [2.45, 2.75) is 19.1 Å². The van der Waals surface area contributed by atoms with Gasteiger partial charge in [-0.3, -0.25) is 4.68 Å². The van der Waals surface area contributed by atoms with Crippen LogP contribution in [0.1, 0.15) is 6.42 Å². The van der Waals surface area contributed by atoms with Crippen molar-refractivity contribution >= 4 is 0 Å². The van der Waals surface area contributed by atoms with E-state index in [1.165, 1.54) is 0 Å². The molecule has 0 saturated heterocycles. The van der Waals surface area contributed by atoms with Crippen molar-refractivity contribution < 1.29 is 9.50 Å². The molecule has 1 unspecified atom stereocenters. The molecule has 11 heavy (non-hydrogen) atoms. The van der Waals surface area contributed by atoms with E-state index in [2.05, 4.69) is 5.10 Å². The van der Waals surface area contributed by atoms with Crippen molar-refractivity contribution in [3.8, 4) is 0 Å². The van der Waals surface area contributed by atoms with Gasteiger partial charge < -0.3 is 5.11 Å². The van der Waals surface area contributed by atoms with Crippen LogP contribution in [0.15, 0.2) is 18.5 Å². The van der Waals surface area contributed by atoms with Gasteiger partial charge in [0.25, 0.3) is 0 Å². The van der Waals surface area contributed by atoms with E-state index < -0.39 is 12.8 Å². The third kappa shape index (κ3) is 2.67. The highest BCUT2D eigenvalue weighted by molar-refractivity contribution is 4.77. The molecule has 0 spiro atoms. The van der Waals surface area contributed by atoms with Gasteiger partial charge in [-0.1, -0.05) is 0 Å². The topological polar surface area (TPSA) is 38.0 Å². The molecule has 1 atom stereocenters. The summed E-state index contributed by atoms with van der Waals surface area (Å²) in [5.74, 6) is 0. The summed E-state index contributed by atoms with van der Waals surface area (Å²) < 4.78 is 13.4. The van der Waals surface area contributed by atoms with Crippen molar-refractivity contribution in [2.75, 3.05) is 6.67 Å². The number of alkyl halides is 1. The van der Waals surface area contributed by atoms with Crippen LogP contribution in [0.3, 0.4) is 0 Å². The summed E-state index contributed by atoms with van der Waals surface area (Å²) in [6.07, 6.45) is 3.00. The van der Waals surface area contributed by atoms with Crippen molar-refractivity contribution in [3.05, 3.63) is 18.5 Å². The monoisotopic (exact) mass is 158 g/mol. The zero-order chi connectivity index (χ0) is 8.10. The summed E-state index contributed by atoms with van der Waals surface area (Å²) in [4.78, 5) is 0. The second-order valence-electron chi connectivity index (χ2n) is 2.37. The fourth-order valence-electron chi connectivity index (χ4n) is 0.791. The van der Waals surface area contributed by atoms with Crippen LogP contribution in [0.2, 0.25) is 0 Å². The first kappa shape index (κ1) is 8.20. The summed E-state index contributed by atoms with van der Waals surface area (Å²) >= 11 is 0. The van der Waals surface area contributed by atoms with Crippen LogP contribution in [-0.4, -0.2) is 27.7 Å². The normalized spacial score (nSPS) is 13.3. The van der Waals surface area contributed by atoms with Crippen molar-refractivity contribution in [1.29, 1.82) is 0 Å². The SMILES string of the molecule is OC(CF)CCn1cccn1. The van der Waals surface area contributed by atoms with Gasteiger partial charge >= 0.3 is 0 Å². The van der Waals surface area contributed by atoms with Crippen LogP contribution in [0.25, 0.3) is 0 Å². The second kappa shape index (κ2) is 4.08. The maximum Gasteiger partial charge on any atom is 0.115 e. The molecule has 0 aliphatic rings. The molecule has 0 amide bonds. The molecule has 0 aliphatic carbocycles. The molecule has 0 radical (unpaired) electrons. The summed E-state index contributed by atoms with van der Waals surface area (Å²) in [6.45, 7) is -0.112. The first-order valence-corrected chi connectivity index (χ1v) is 3.54. The molecule has 1 heterocycles. The first-order chi connectivity index (χ1) is 5.33. The summed E-state index contributed by atoms with van der Waals surface area (Å²) in [5.41, 5.74) is 0. The number of aromatic nitrogens is 2. The largest absolute Gasteiger partial charge is 0.390 e. The molecular weight excluding hydrogens is 147 g/mol. The minimum Gasteiger partial charge on any atom is -0.390 e. The quantitative estimate of drug-likeness (QED) is 0.697. The predicted molar refractivity (Wildman–Crippen MR) is 38.8 cm³/mol. The lowest BCUT2D eigenvalue weighted by Gasteiger charge is -2.04. The van der Waals surface area contributed by atoms with Crippen LogP contribution in [-0.2, 0) is 6.54 Å². The Hall–Kier alpha value is -0.900. The molecule has 1 rings (SSSR count). The minimum atomic E-state index is -0.848. The maximum absolute atomic E-state index is 11.7. The number of rotatable bonds is 4. The maximum atomic E-state index is 11.7. The Labute approximate surface area is 64.5 Å². The van der Waals surface area contributed by atoms with Crippen LogP contribution in [0, 0.1) is 0 Å². The Kier molecular flexibility index (Phi) is 3.04. The number of hydrogen-bond donors (Lipinski definition) is 1. The standard InChI is InChI=1S/C7H11FN2O/c8-6-7(11)2-5-10-4-1-3-9-10/h1,3-4,7,11H,2,5-6H2. The van der Waals surface area contributed by atoms with Crippen molar-refractivity contribution in [2.24, 2.45) is 0 Å². The van der Waals surface area contributed by atoms with Gasteiger partial charge in [0.1, 0.15) is 6.67 Å². The molecular formula is C7H11FN2O. The third-order valence-electron chi connectivity index (χ3n) is 1.43. The Balaban J connectivity index is 2.23. The molecule has 1 aromatic heterocycles. The van der Waals surface area contributed by atoms with E-state index >= 15 is 0 Å². The summed E-state index contributed by atoms with van der Waals surface area (Å²) in [7, 11) is 0. The van der Waals surface area contributed by atoms with E-state index in [0.717, 1.165) is 0 Å². The Morgan fingerprint density at radius 2 is 2.45 bits per heavy atom. The molecule has 0 bridgehead atoms. The van der Waals surface area contributed by atoms with E-state index in [-0.39, 0.29) is 0 Å². The van der Waals surface area contributed by atoms with E-state index in [0.29, 0.717) is 13.0 Å². The van der Waals surface area contributed by atoms with Gasteiger partial charge in [-0.15, -0.1) is 0 Å². The number of aliphatic hydroxyl groups is 1. The van der Waals surface area contributed by atoms with Gasteiger partial charge in [-0.25, -0.2) is 4.39 Å². The lowest BCUT2D eigenvalue weighted by molar-refractivity contribution is 0.125. The number of halogens is 1. The molecule has 1 aromatic rings. The summed E-state index contributed by atoms with van der Waals surface area (Å²) in [5, 5.41) is 12.7. The van der Waals surface area contributed by atoms with Gasteiger partial charge in [-0.2, -0.15) is 5.10 Å². The zero-order valence-electron chi connectivity index (χ0n) is 6.15. The molecule has 0 aromatic carbocycles. The average molecular weight is 158 g/mol. The van der Waals surface area contributed by atoms with Crippen LogP contribution in [0.4, 0.5) is 4.39 Å². The lowest BCUT2D eigenvalue weighted by atomic mass is 10.3.